The van der Waals surface area contributed by atoms with Gasteiger partial charge in [-0.1, -0.05) is 17.6 Å². The van der Waals surface area contributed by atoms with Crippen LogP contribution in [-0.4, -0.2) is 4.74 Å². The number of terminal acetylenes is 1. The molecule has 3 nitrogen and oxygen atoms in total. The highest BCUT2D eigenvalue weighted by Gasteiger charge is 2.07. The van der Waals surface area contributed by atoms with Crippen molar-refractivity contribution in [2.45, 2.75) is 13.5 Å². The van der Waals surface area contributed by atoms with Gasteiger partial charge in [0.05, 0.1) is 5.39 Å². The Morgan fingerprint density at radius 2 is 2.36 bits per heavy atom. The largest absolute Gasteiger partial charge is 0.375 e. The molecule has 0 fully saturated rings. The lowest BCUT2D eigenvalue weighted by Gasteiger charge is -1.88. The third-order valence-electron chi connectivity index (χ3n) is 2.04. The van der Waals surface area contributed by atoms with E-state index in [9.17, 15) is 4.79 Å². The highest BCUT2D eigenvalue weighted by Crippen LogP contribution is 2.12. The van der Waals surface area contributed by atoms with Crippen molar-refractivity contribution in [3.8, 4) is 12.3 Å². The molecule has 1 aromatic carbocycles. The summed E-state index contributed by atoms with van der Waals surface area (Å²) in [6.07, 6.45) is 5.11. The number of benzene rings is 1. The molecule has 3 heteroatoms. The minimum Gasteiger partial charge on any atom is -0.375 e. The van der Waals surface area contributed by atoms with Crippen LogP contribution in [0.4, 0.5) is 0 Å². The number of fused-ring (bicyclic) bond motifs is 1. The molecular weight excluding hydrogens is 178 g/mol. The zero-order valence-electron chi connectivity index (χ0n) is 7.78. The van der Waals surface area contributed by atoms with E-state index >= 15 is 0 Å². The van der Waals surface area contributed by atoms with Gasteiger partial charge in [-0.25, -0.2) is 0 Å². The van der Waals surface area contributed by atoms with Gasteiger partial charge in [-0.3, -0.25) is 4.79 Å². The molecule has 1 aromatic heterocycles. The molecule has 0 aliphatic carbocycles. The van der Waals surface area contributed by atoms with Gasteiger partial charge in [-0.2, -0.15) is 4.74 Å². The summed E-state index contributed by atoms with van der Waals surface area (Å²) in [6, 6.07) is 5.47. The molecule has 70 valence electrons. The first kappa shape index (κ1) is 8.64. The second kappa shape index (κ2) is 3.08. The SMILES string of the molecule is C#CCn1oc2ccc(C)cc2c1=O. The molecule has 1 heterocycles. The number of aromatic nitrogens is 1. The lowest BCUT2D eigenvalue weighted by atomic mass is 10.2. The maximum atomic E-state index is 11.6. The summed E-state index contributed by atoms with van der Waals surface area (Å²) in [5, 5.41) is 0.584. The normalized spacial score (nSPS) is 10.3. The second-order valence-corrected chi connectivity index (χ2v) is 3.14. The van der Waals surface area contributed by atoms with Crippen LogP contribution < -0.4 is 5.56 Å². The predicted molar refractivity (Wildman–Crippen MR) is 54.0 cm³/mol. The van der Waals surface area contributed by atoms with Crippen LogP contribution in [0.3, 0.4) is 0 Å². The molecule has 0 saturated carbocycles. The van der Waals surface area contributed by atoms with Crippen LogP contribution in [0, 0.1) is 19.3 Å². The van der Waals surface area contributed by atoms with E-state index in [0.29, 0.717) is 11.0 Å². The number of nitrogens with zero attached hydrogens (tertiary/aromatic N) is 1. The molecular formula is C11H9NO2. The maximum Gasteiger partial charge on any atom is 0.291 e. The van der Waals surface area contributed by atoms with Gasteiger partial charge < -0.3 is 4.52 Å². The second-order valence-electron chi connectivity index (χ2n) is 3.14. The van der Waals surface area contributed by atoms with Crippen LogP contribution in [0.1, 0.15) is 5.56 Å². The average molecular weight is 187 g/mol. The first-order valence-electron chi connectivity index (χ1n) is 4.26. The molecule has 0 atom stereocenters. The van der Waals surface area contributed by atoms with Gasteiger partial charge >= 0.3 is 0 Å². The smallest absolute Gasteiger partial charge is 0.291 e. The number of hydrogen-bond acceptors (Lipinski definition) is 2. The summed E-state index contributed by atoms with van der Waals surface area (Å²) < 4.78 is 6.44. The van der Waals surface area contributed by atoms with Gasteiger partial charge in [0, 0.05) is 0 Å². The van der Waals surface area contributed by atoms with E-state index in [1.807, 2.05) is 13.0 Å². The molecule has 0 bridgehead atoms. The topological polar surface area (TPSA) is 35.1 Å². The Kier molecular flexibility index (Phi) is 1.90. The number of aryl methyl sites for hydroxylation is 1. The molecule has 0 aliphatic rings. The Balaban J connectivity index is 2.76. The molecule has 0 aliphatic heterocycles. The van der Waals surface area contributed by atoms with Crippen LogP contribution in [0.5, 0.6) is 0 Å². The van der Waals surface area contributed by atoms with Crippen LogP contribution in [0.15, 0.2) is 27.5 Å². The minimum absolute atomic E-state index is 0.165. The fourth-order valence-corrected chi connectivity index (χ4v) is 1.37. The van der Waals surface area contributed by atoms with Crippen LogP contribution in [0.25, 0.3) is 11.0 Å². The third kappa shape index (κ3) is 1.21. The van der Waals surface area contributed by atoms with Gasteiger partial charge in [0.15, 0.2) is 5.58 Å². The monoisotopic (exact) mass is 187 g/mol. The van der Waals surface area contributed by atoms with E-state index < -0.39 is 0 Å². The Morgan fingerprint density at radius 1 is 1.57 bits per heavy atom. The van der Waals surface area contributed by atoms with Crippen LogP contribution in [0.2, 0.25) is 0 Å². The third-order valence-corrected chi connectivity index (χ3v) is 2.04. The maximum absolute atomic E-state index is 11.6. The van der Waals surface area contributed by atoms with Crippen molar-refractivity contribution >= 4 is 11.0 Å². The van der Waals surface area contributed by atoms with E-state index in [1.54, 1.807) is 12.1 Å². The lowest BCUT2D eigenvalue weighted by molar-refractivity contribution is 0.308. The molecule has 0 amide bonds. The fourth-order valence-electron chi connectivity index (χ4n) is 1.37. The molecule has 0 spiro atoms. The zero-order valence-corrected chi connectivity index (χ0v) is 7.78. The quantitative estimate of drug-likeness (QED) is 0.635. The Labute approximate surface area is 80.9 Å². The van der Waals surface area contributed by atoms with Crippen molar-refractivity contribution < 1.29 is 4.52 Å². The van der Waals surface area contributed by atoms with Gasteiger partial charge in [0.2, 0.25) is 0 Å². The summed E-state index contributed by atoms with van der Waals surface area (Å²) in [4.78, 5) is 11.6. The fraction of sp³-hybridized carbons (Fsp3) is 0.182. The number of hydrogen-bond donors (Lipinski definition) is 0. The molecule has 14 heavy (non-hydrogen) atoms. The minimum atomic E-state index is -0.165. The molecule has 2 rings (SSSR count). The highest BCUT2D eigenvalue weighted by molar-refractivity contribution is 5.76. The zero-order chi connectivity index (χ0) is 10.1. The van der Waals surface area contributed by atoms with E-state index in [-0.39, 0.29) is 12.1 Å². The van der Waals surface area contributed by atoms with Crippen molar-refractivity contribution in [1.82, 2.24) is 4.74 Å². The van der Waals surface area contributed by atoms with Crippen LogP contribution in [-0.2, 0) is 6.54 Å². The van der Waals surface area contributed by atoms with Crippen molar-refractivity contribution in [1.29, 1.82) is 0 Å². The van der Waals surface area contributed by atoms with E-state index in [2.05, 4.69) is 5.92 Å². The van der Waals surface area contributed by atoms with E-state index in [1.165, 1.54) is 4.74 Å². The van der Waals surface area contributed by atoms with Gasteiger partial charge in [-0.15, -0.1) is 6.42 Å². The summed E-state index contributed by atoms with van der Waals surface area (Å²) in [6.45, 7) is 2.10. The van der Waals surface area contributed by atoms with Crippen molar-refractivity contribution in [3.05, 3.63) is 34.1 Å². The Bertz CT molecular complexity index is 569. The molecule has 0 radical (unpaired) electrons. The van der Waals surface area contributed by atoms with Crippen molar-refractivity contribution in [2.24, 2.45) is 0 Å². The predicted octanol–water partition coefficient (Wildman–Crippen LogP) is 1.54. The summed E-state index contributed by atoms with van der Waals surface area (Å²) in [7, 11) is 0. The van der Waals surface area contributed by atoms with Crippen LogP contribution >= 0.6 is 0 Å². The van der Waals surface area contributed by atoms with Gasteiger partial charge in [0.25, 0.3) is 5.56 Å². The first-order valence-corrected chi connectivity index (χ1v) is 4.26. The molecule has 0 N–H and O–H groups in total. The summed E-state index contributed by atoms with van der Waals surface area (Å²) in [5.74, 6) is 2.37. The van der Waals surface area contributed by atoms with Crippen molar-refractivity contribution in [3.63, 3.8) is 0 Å². The molecule has 0 unspecified atom stereocenters. The first-order chi connectivity index (χ1) is 6.72. The van der Waals surface area contributed by atoms with Crippen molar-refractivity contribution in [2.75, 3.05) is 0 Å². The summed E-state index contributed by atoms with van der Waals surface area (Å²) >= 11 is 0. The Hall–Kier alpha value is -1.95. The number of rotatable bonds is 1. The molecule has 0 saturated heterocycles. The van der Waals surface area contributed by atoms with Gasteiger partial charge in [-0.05, 0) is 19.1 Å². The van der Waals surface area contributed by atoms with E-state index in [0.717, 1.165) is 5.56 Å². The molecule has 2 aromatic rings. The lowest BCUT2D eigenvalue weighted by Crippen LogP contribution is -2.13. The van der Waals surface area contributed by atoms with E-state index in [4.69, 9.17) is 10.9 Å². The Morgan fingerprint density at radius 3 is 3.07 bits per heavy atom. The highest BCUT2D eigenvalue weighted by atomic mass is 16.5. The standard InChI is InChI=1S/C11H9NO2/c1-3-6-12-11(13)9-7-8(2)4-5-10(9)14-12/h1,4-5,7H,6H2,2H3. The summed E-state index contributed by atoms with van der Waals surface area (Å²) in [5.41, 5.74) is 1.45. The van der Waals surface area contributed by atoms with Gasteiger partial charge in [0.1, 0.15) is 6.54 Å². The average Bonchev–Trinajstić information content (AvgIpc) is 2.46.